The van der Waals surface area contributed by atoms with E-state index in [9.17, 15) is 0 Å². The molecule has 3 rings (SSSR count). The Hall–Kier alpha value is -2.61. The molecule has 0 radical (unpaired) electrons. The number of benzene rings is 2. The van der Waals surface area contributed by atoms with Crippen molar-refractivity contribution in [2.24, 2.45) is 0 Å². The molecule has 29 heavy (non-hydrogen) atoms. The number of hydrogen-bond donors (Lipinski definition) is 0. The van der Waals surface area contributed by atoms with E-state index < -0.39 is 0 Å². The Morgan fingerprint density at radius 1 is 0.931 bits per heavy atom. The molecule has 0 saturated carbocycles. The first-order valence-electron chi connectivity index (χ1n) is 10.5. The van der Waals surface area contributed by atoms with Crippen LogP contribution in [0.15, 0.2) is 54.6 Å². The molecule has 0 amide bonds. The molecule has 1 heterocycles. The van der Waals surface area contributed by atoms with Gasteiger partial charge in [-0.15, -0.1) is 0 Å². The van der Waals surface area contributed by atoms with Gasteiger partial charge in [-0.25, -0.2) is 0 Å². The lowest BCUT2D eigenvalue weighted by Crippen LogP contribution is -2.11. The molecule has 2 aromatic carbocycles. The highest BCUT2D eigenvalue weighted by Crippen LogP contribution is 2.35. The molecule has 0 saturated heterocycles. The first-order chi connectivity index (χ1) is 13.7. The maximum Gasteiger partial charge on any atom is 0.127 e. The summed E-state index contributed by atoms with van der Waals surface area (Å²) in [6.07, 6.45) is 0. The summed E-state index contributed by atoms with van der Waals surface area (Å²) in [4.78, 5) is 4.95. The standard InChI is InChI=1S/C27H33NO/c1-18(2)26-20(4)28-24(16-25(26)29-17-21-11-9-8-10-12-21)23-14-13-22(15-19(23)3)27(5,6)7/h8-16,18H,17H2,1-7H3. The van der Waals surface area contributed by atoms with Crippen LogP contribution in [-0.4, -0.2) is 4.98 Å². The average molecular weight is 388 g/mol. The molecule has 0 bridgehead atoms. The summed E-state index contributed by atoms with van der Waals surface area (Å²) in [5.74, 6) is 1.29. The van der Waals surface area contributed by atoms with Gasteiger partial charge in [0, 0.05) is 22.9 Å². The molecular weight excluding hydrogens is 354 g/mol. The molecule has 3 aromatic rings. The minimum atomic E-state index is 0.137. The third-order valence-electron chi connectivity index (χ3n) is 5.39. The van der Waals surface area contributed by atoms with E-state index in [4.69, 9.17) is 9.72 Å². The molecule has 0 aliphatic heterocycles. The summed E-state index contributed by atoms with van der Waals surface area (Å²) in [6.45, 7) is 16.0. The van der Waals surface area contributed by atoms with Crippen molar-refractivity contribution in [3.63, 3.8) is 0 Å². The van der Waals surface area contributed by atoms with Crippen LogP contribution >= 0.6 is 0 Å². The van der Waals surface area contributed by atoms with Crippen LogP contribution in [-0.2, 0) is 12.0 Å². The second-order valence-electron chi connectivity index (χ2n) is 9.21. The Balaban J connectivity index is 2.01. The van der Waals surface area contributed by atoms with Crippen molar-refractivity contribution in [2.75, 3.05) is 0 Å². The molecule has 1 aromatic heterocycles. The quantitative estimate of drug-likeness (QED) is 0.456. The molecule has 0 atom stereocenters. The first kappa shape index (κ1) is 21.1. The Morgan fingerprint density at radius 2 is 1.62 bits per heavy atom. The van der Waals surface area contributed by atoms with Crippen LogP contribution in [0.2, 0.25) is 0 Å². The highest BCUT2D eigenvalue weighted by molar-refractivity contribution is 5.67. The Bertz CT molecular complexity index is 981. The smallest absolute Gasteiger partial charge is 0.127 e. The SMILES string of the molecule is Cc1cc(C(C)(C)C)ccc1-c1cc(OCc2ccccc2)c(C(C)C)c(C)n1. The van der Waals surface area contributed by atoms with E-state index in [1.165, 1.54) is 27.8 Å². The summed E-state index contributed by atoms with van der Waals surface area (Å²) in [5, 5.41) is 0. The van der Waals surface area contributed by atoms with Crippen molar-refractivity contribution < 1.29 is 4.74 Å². The van der Waals surface area contributed by atoms with Crippen molar-refractivity contribution in [2.45, 2.75) is 66.4 Å². The van der Waals surface area contributed by atoms with Gasteiger partial charge in [-0.2, -0.15) is 0 Å². The van der Waals surface area contributed by atoms with Crippen LogP contribution in [0.25, 0.3) is 11.3 Å². The number of pyridine rings is 1. The minimum absolute atomic E-state index is 0.137. The van der Waals surface area contributed by atoms with Gasteiger partial charge in [0.2, 0.25) is 0 Å². The third-order valence-corrected chi connectivity index (χ3v) is 5.39. The van der Waals surface area contributed by atoms with Crippen molar-refractivity contribution in [3.05, 3.63) is 82.5 Å². The van der Waals surface area contributed by atoms with Crippen LogP contribution in [0, 0.1) is 13.8 Å². The van der Waals surface area contributed by atoms with E-state index in [1.807, 2.05) is 18.2 Å². The fourth-order valence-corrected chi connectivity index (χ4v) is 3.77. The van der Waals surface area contributed by atoms with Crippen molar-refractivity contribution in [1.82, 2.24) is 4.98 Å². The average Bonchev–Trinajstić information content (AvgIpc) is 2.65. The van der Waals surface area contributed by atoms with Crippen LogP contribution in [0.1, 0.15) is 68.5 Å². The highest BCUT2D eigenvalue weighted by atomic mass is 16.5. The number of aromatic nitrogens is 1. The lowest BCUT2D eigenvalue weighted by atomic mass is 9.85. The van der Waals surface area contributed by atoms with Crippen LogP contribution < -0.4 is 4.74 Å². The molecule has 2 heteroatoms. The molecule has 0 unspecified atom stereocenters. The largest absolute Gasteiger partial charge is 0.488 e. The van der Waals surface area contributed by atoms with Gasteiger partial charge in [-0.05, 0) is 41.9 Å². The van der Waals surface area contributed by atoms with Gasteiger partial charge in [0.1, 0.15) is 12.4 Å². The van der Waals surface area contributed by atoms with Gasteiger partial charge in [0.15, 0.2) is 0 Å². The van der Waals surface area contributed by atoms with E-state index in [2.05, 4.69) is 84.9 Å². The summed E-state index contributed by atoms with van der Waals surface area (Å²) in [6, 6.07) is 19.1. The highest BCUT2D eigenvalue weighted by Gasteiger charge is 2.18. The normalized spacial score (nSPS) is 11.7. The Morgan fingerprint density at radius 3 is 2.21 bits per heavy atom. The monoisotopic (exact) mass is 387 g/mol. The maximum absolute atomic E-state index is 6.31. The summed E-state index contributed by atoms with van der Waals surface area (Å²) in [7, 11) is 0. The van der Waals surface area contributed by atoms with E-state index in [0.717, 1.165) is 17.1 Å². The number of aryl methyl sites for hydroxylation is 2. The fraction of sp³-hybridized carbons (Fsp3) is 0.370. The van der Waals surface area contributed by atoms with Crippen LogP contribution in [0.5, 0.6) is 5.75 Å². The molecule has 0 fully saturated rings. The lowest BCUT2D eigenvalue weighted by Gasteiger charge is -2.21. The topological polar surface area (TPSA) is 22.1 Å². The Labute approximate surface area is 176 Å². The molecule has 152 valence electrons. The van der Waals surface area contributed by atoms with Crippen LogP contribution in [0.3, 0.4) is 0 Å². The zero-order valence-corrected chi connectivity index (χ0v) is 18.8. The zero-order chi connectivity index (χ0) is 21.2. The van der Waals surface area contributed by atoms with Crippen LogP contribution in [0.4, 0.5) is 0 Å². The molecule has 0 N–H and O–H groups in total. The number of ether oxygens (including phenoxy) is 1. The van der Waals surface area contributed by atoms with E-state index >= 15 is 0 Å². The molecule has 0 spiro atoms. The van der Waals surface area contributed by atoms with Crippen molar-refractivity contribution in [1.29, 1.82) is 0 Å². The van der Waals surface area contributed by atoms with Gasteiger partial charge < -0.3 is 4.74 Å². The number of hydrogen-bond acceptors (Lipinski definition) is 2. The van der Waals surface area contributed by atoms with Gasteiger partial charge in [-0.3, -0.25) is 4.98 Å². The van der Waals surface area contributed by atoms with Gasteiger partial charge in [0.25, 0.3) is 0 Å². The molecule has 2 nitrogen and oxygen atoms in total. The second-order valence-corrected chi connectivity index (χ2v) is 9.21. The molecule has 0 aliphatic carbocycles. The van der Waals surface area contributed by atoms with Crippen molar-refractivity contribution in [3.8, 4) is 17.0 Å². The van der Waals surface area contributed by atoms with Gasteiger partial charge >= 0.3 is 0 Å². The Kier molecular flexibility index (Phi) is 6.12. The zero-order valence-electron chi connectivity index (χ0n) is 18.8. The van der Waals surface area contributed by atoms with Gasteiger partial charge in [0.05, 0.1) is 5.69 Å². The number of rotatable bonds is 5. The van der Waals surface area contributed by atoms with E-state index in [-0.39, 0.29) is 5.41 Å². The van der Waals surface area contributed by atoms with Crippen molar-refractivity contribution >= 4 is 0 Å². The summed E-state index contributed by atoms with van der Waals surface area (Å²) in [5.41, 5.74) is 8.27. The summed E-state index contributed by atoms with van der Waals surface area (Å²) < 4.78 is 6.31. The van der Waals surface area contributed by atoms with E-state index in [1.54, 1.807) is 0 Å². The minimum Gasteiger partial charge on any atom is -0.488 e. The lowest BCUT2D eigenvalue weighted by molar-refractivity contribution is 0.301. The number of nitrogens with zero attached hydrogens (tertiary/aromatic N) is 1. The summed E-state index contributed by atoms with van der Waals surface area (Å²) >= 11 is 0. The van der Waals surface area contributed by atoms with Gasteiger partial charge in [-0.1, -0.05) is 83.1 Å². The molecular formula is C27H33NO. The first-order valence-corrected chi connectivity index (χ1v) is 10.5. The second kappa shape index (κ2) is 8.41. The predicted molar refractivity (Wildman–Crippen MR) is 123 cm³/mol. The fourth-order valence-electron chi connectivity index (χ4n) is 3.77. The predicted octanol–water partition coefficient (Wildman–Crippen LogP) is 7.37. The van der Waals surface area contributed by atoms with E-state index in [0.29, 0.717) is 12.5 Å². The third kappa shape index (κ3) is 4.87. The maximum atomic E-state index is 6.31. The molecule has 0 aliphatic rings.